The Kier molecular flexibility index (Phi) is 4.79. The zero-order chi connectivity index (χ0) is 13.9. The summed E-state index contributed by atoms with van der Waals surface area (Å²) in [6, 6.07) is 7.49. The smallest absolute Gasteiger partial charge is 0.0233 e. The number of aryl methyl sites for hydroxylation is 1. The molecule has 1 heterocycles. The largest absolute Gasteiger partial charge is 0.314 e. The lowest BCUT2D eigenvalue weighted by Gasteiger charge is -2.32. The molecule has 1 saturated heterocycles. The minimum atomic E-state index is 0.763. The molecule has 1 N–H and O–H groups in total. The van der Waals surface area contributed by atoms with Crippen molar-refractivity contribution in [2.24, 2.45) is 5.92 Å². The van der Waals surface area contributed by atoms with Gasteiger partial charge in [-0.05, 0) is 75.4 Å². The summed E-state index contributed by atoms with van der Waals surface area (Å²) in [6.45, 7) is 7.00. The number of benzene rings is 1. The Balaban J connectivity index is 1.44. The van der Waals surface area contributed by atoms with Crippen LogP contribution in [0.4, 0.5) is 0 Å². The zero-order valence-corrected chi connectivity index (χ0v) is 14.0. The molecule has 0 radical (unpaired) electrons. The molecule has 1 aromatic carbocycles. The summed E-state index contributed by atoms with van der Waals surface area (Å²) in [6.07, 6.45) is 5.52. The van der Waals surface area contributed by atoms with Crippen LogP contribution in [-0.2, 0) is 6.54 Å². The molecule has 1 aromatic rings. The van der Waals surface area contributed by atoms with Gasteiger partial charge in [-0.1, -0.05) is 28.1 Å². The van der Waals surface area contributed by atoms with Crippen molar-refractivity contribution in [2.45, 2.75) is 45.2 Å². The quantitative estimate of drug-likeness (QED) is 0.881. The summed E-state index contributed by atoms with van der Waals surface area (Å²) in [5.74, 6) is 0.999. The monoisotopic (exact) mass is 336 g/mol. The van der Waals surface area contributed by atoms with Gasteiger partial charge in [0.1, 0.15) is 0 Å². The van der Waals surface area contributed by atoms with Gasteiger partial charge < -0.3 is 5.32 Å². The van der Waals surface area contributed by atoms with Crippen molar-refractivity contribution < 1.29 is 0 Å². The molecule has 2 aliphatic rings. The lowest BCUT2D eigenvalue weighted by molar-refractivity contribution is 0.190. The molecule has 3 heteroatoms. The fourth-order valence-corrected chi connectivity index (χ4v) is 3.26. The molecule has 0 spiro atoms. The molecular formula is C17H25BrN2. The maximum atomic E-state index is 3.75. The number of halogens is 1. The van der Waals surface area contributed by atoms with Crippen LogP contribution in [0.1, 0.15) is 36.8 Å². The number of nitrogens with one attached hydrogen (secondary N) is 1. The molecule has 20 heavy (non-hydrogen) atoms. The van der Waals surface area contributed by atoms with E-state index in [2.05, 4.69) is 51.3 Å². The molecule has 0 bridgehead atoms. The molecule has 3 rings (SSSR count). The van der Waals surface area contributed by atoms with Crippen LogP contribution in [0.2, 0.25) is 0 Å². The summed E-state index contributed by atoms with van der Waals surface area (Å²) in [5.41, 5.74) is 2.78. The van der Waals surface area contributed by atoms with E-state index in [1.54, 1.807) is 0 Å². The highest BCUT2D eigenvalue weighted by Crippen LogP contribution is 2.28. The van der Waals surface area contributed by atoms with Crippen LogP contribution in [0.25, 0.3) is 0 Å². The first-order valence-corrected chi connectivity index (χ1v) is 8.71. The van der Waals surface area contributed by atoms with Gasteiger partial charge in [-0.3, -0.25) is 4.90 Å². The van der Waals surface area contributed by atoms with Gasteiger partial charge in [-0.15, -0.1) is 0 Å². The Hall–Kier alpha value is -0.380. The molecular weight excluding hydrogens is 312 g/mol. The van der Waals surface area contributed by atoms with Crippen molar-refractivity contribution >= 4 is 15.9 Å². The minimum absolute atomic E-state index is 0.763. The number of hydrogen-bond acceptors (Lipinski definition) is 2. The molecule has 2 nitrogen and oxygen atoms in total. The minimum Gasteiger partial charge on any atom is -0.314 e. The third kappa shape index (κ3) is 4.06. The topological polar surface area (TPSA) is 15.3 Å². The first-order valence-electron chi connectivity index (χ1n) is 7.91. The van der Waals surface area contributed by atoms with Crippen LogP contribution in [-0.4, -0.2) is 30.6 Å². The summed E-state index contributed by atoms with van der Waals surface area (Å²) < 4.78 is 1.21. The Morgan fingerprint density at radius 1 is 1.20 bits per heavy atom. The second kappa shape index (κ2) is 6.59. The number of rotatable bonds is 5. The highest BCUT2D eigenvalue weighted by atomic mass is 79.9. The third-order valence-corrected chi connectivity index (χ3v) is 5.50. The molecule has 0 amide bonds. The first kappa shape index (κ1) is 14.6. The second-order valence-electron chi connectivity index (χ2n) is 6.49. The average molecular weight is 337 g/mol. The fourth-order valence-electron chi connectivity index (χ4n) is 3.01. The van der Waals surface area contributed by atoms with Crippen molar-refractivity contribution in [1.82, 2.24) is 10.2 Å². The van der Waals surface area contributed by atoms with E-state index < -0.39 is 0 Å². The molecule has 0 unspecified atom stereocenters. The number of likely N-dealkylation sites (tertiary alicyclic amines) is 1. The van der Waals surface area contributed by atoms with Gasteiger partial charge in [0.25, 0.3) is 0 Å². The Morgan fingerprint density at radius 2 is 1.95 bits per heavy atom. The molecule has 0 atom stereocenters. The number of nitrogens with zero attached hydrogens (tertiary/aromatic N) is 1. The number of piperidine rings is 1. The van der Waals surface area contributed by atoms with Gasteiger partial charge in [0.15, 0.2) is 0 Å². The van der Waals surface area contributed by atoms with E-state index in [1.807, 2.05) is 0 Å². The molecule has 1 aliphatic carbocycles. The van der Waals surface area contributed by atoms with E-state index in [9.17, 15) is 0 Å². The second-order valence-corrected chi connectivity index (χ2v) is 7.34. The summed E-state index contributed by atoms with van der Waals surface area (Å²) in [5, 5.41) is 3.75. The first-order chi connectivity index (χ1) is 9.70. The molecule has 1 saturated carbocycles. The van der Waals surface area contributed by atoms with E-state index in [4.69, 9.17) is 0 Å². The normalized spacial score (nSPS) is 21.3. The Bertz CT molecular complexity index is 448. The standard InChI is InChI=1S/C17H25BrN2/c1-13-10-15(4-5-17(13)18)12-20-8-6-16(7-9-20)19-11-14-2-3-14/h4-5,10,14,16,19H,2-3,6-9,11-12H2,1H3. The molecule has 0 aromatic heterocycles. The molecule has 2 fully saturated rings. The van der Waals surface area contributed by atoms with E-state index >= 15 is 0 Å². The number of hydrogen-bond donors (Lipinski definition) is 1. The predicted molar refractivity (Wildman–Crippen MR) is 87.9 cm³/mol. The fraction of sp³-hybridized carbons (Fsp3) is 0.647. The summed E-state index contributed by atoms with van der Waals surface area (Å²) in [4.78, 5) is 2.60. The SMILES string of the molecule is Cc1cc(CN2CCC(NCC3CC3)CC2)ccc1Br. The van der Waals surface area contributed by atoms with E-state index in [0.717, 1.165) is 18.5 Å². The van der Waals surface area contributed by atoms with Gasteiger partial charge >= 0.3 is 0 Å². The maximum absolute atomic E-state index is 3.75. The lowest BCUT2D eigenvalue weighted by Crippen LogP contribution is -2.42. The van der Waals surface area contributed by atoms with Gasteiger partial charge in [0.05, 0.1) is 0 Å². The van der Waals surface area contributed by atoms with Gasteiger partial charge in [-0.2, -0.15) is 0 Å². The van der Waals surface area contributed by atoms with Gasteiger partial charge in [-0.25, -0.2) is 0 Å². The predicted octanol–water partition coefficient (Wildman–Crippen LogP) is 3.72. The lowest BCUT2D eigenvalue weighted by atomic mass is 10.0. The van der Waals surface area contributed by atoms with Crippen LogP contribution in [0.5, 0.6) is 0 Å². The van der Waals surface area contributed by atoms with Crippen molar-refractivity contribution in [3.05, 3.63) is 33.8 Å². The van der Waals surface area contributed by atoms with Crippen molar-refractivity contribution in [3.63, 3.8) is 0 Å². The summed E-state index contributed by atoms with van der Waals surface area (Å²) in [7, 11) is 0. The average Bonchev–Trinajstić information content (AvgIpc) is 3.26. The van der Waals surface area contributed by atoms with Gasteiger partial charge in [0.2, 0.25) is 0 Å². The Labute approximate surface area is 131 Å². The third-order valence-electron chi connectivity index (χ3n) is 4.61. The van der Waals surface area contributed by atoms with Gasteiger partial charge in [0, 0.05) is 17.1 Å². The van der Waals surface area contributed by atoms with Crippen LogP contribution >= 0.6 is 15.9 Å². The zero-order valence-electron chi connectivity index (χ0n) is 12.4. The van der Waals surface area contributed by atoms with E-state index in [1.165, 1.54) is 60.9 Å². The summed E-state index contributed by atoms with van der Waals surface area (Å²) >= 11 is 3.57. The Morgan fingerprint density at radius 3 is 2.60 bits per heavy atom. The van der Waals surface area contributed by atoms with Crippen LogP contribution in [0.15, 0.2) is 22.7 Å². The van der Waals surface area contributed by atoms with Crippen molar-refractivity contribution in [1.29, 1.82) is 0 Å². The van der Waals surface area contributed by atoms with Crippen molar-refractivity contribution in [3.8, 4) is 0 Å². The highest BCUT2D eigenvalue weighted by Gasteiger charge is 2.24. The molecule has 110 valence electrons. The highest BCUT2D eigenvalue weighted by molar-refractivity contribution is 9.10. The van der Waals surface area contributed by atoms with Crippen LogP contribution in [0, 0.1) is 12.8 Å². The van der Waals surface area contributed by atoms with Crippen molar-refractivity contribution in [2.75, 3.05) is 19.6 Å². The maximum Gasteiger partial charge on any atom is 0.0233 e. The van der Waals surface area contributed by atoms with E-state index in [0.29, 0.717) is 0 Å². The van der Waals surface area contributed by atoms with Crippen LogP contribution in [0.3, 0.4) is 0 Å². The van der Waals surface area contributed by atoms with E-state index in [-0.39, 0.29) is 0 Å². The molecule has 1 aliphatic heterocycles. The van der Waals surface area contributed by atoms with Crippen LogP contribution < -0.4 is 5.32 Å².